The SMILES string of the molecule is Cn1c(=O)n([C@@H]2CCC(=O)NC2=O)c2ccccc21. The van der Waals surface area contributed by atoms with Crippen molar-refractivity contribution in [3.05, 3.63) is 34.7 Å². The van der Waals surface area contributed by atoms with E-state index in [1.54, 1.807) is 13.1 Å². The predicted molar refractivity (Wildman–Crippen MR) is 68.6 cm³/mol. The van der Waals surface area contributed by atoms with Gasteiger partial charge in [0.05, 0.1) is 11.0 Å². The number of benzene rings is 1. The average Bonchev–Trinajstić information content (AvgIpc) is 2.64. The highest BCUT2D eigenvalue weighted by molar-refractivity contribution is 6.00. The van der Waals surface area contributed by atoms with Crippen molar-refractivity contribution in [2.45, 2.75) is 18.9 Å². The van der Waals surface area contributed by atoms with Crippen LogP contribution in [0.3, 0.4) is 0 Å². The summed E-state index contributed by atoms with van der Waals surface area (Å²) in [5, 5.41) is 2.28. The first-order chi connectivity index (χ1) is 9.09. The first-order valence-electron chi connectivity index (χ1n) is 6.09. The van der Waals surface area contributed by atoms with Crippen molar-refractivity contribution in [1.82, 2.24) is 14.5 Å². The highest BCUT2D eigenvalue weighted by atomic mass is 16.2. The summed E-state index contributed by atoms with van der Waals surface area (Å²) in [4.78, 5) is 35.4. The maximum Gasteiger partial charge on any atom is 0.329 e. The Kier molecular flexibility index (Phi) is 2.51. The van der Waals surface area contributed by atoms with Crippen LogP contribution in [0.25, 0.3) is 11.0 Å². The molecule has 0 bridgehead atoms. The van der Waals surface area contributed by atoms with Crippen molar-refractivity contribution in [1.29, 1.82) is 0 Å². The molecular formula is C13H13N3O3. The summed E-state index contributed by atoms with van der Waals surface area (Å²) in [5.41, 5.74) is 1.25. The maximum absolute atomic E-state index is 12.3. The second-order valence-corrected chi connectivity index (χ2v) is 4.67. The Morgan fingerprint density at radius 2 is 1.84 bits per heavy atom. The number of amides is 2. The molecule has 2 aromatic rings. The monoisotopic (exact) mass is 259 g/mol. The Morgan fingerprint density at radius 3 is 2.53 bits per heavy atom. The lowest BCUT2D eigenvalue weighted by Gasteiger charge is -2.21. The molecule has 2 heterocycles. The van der Waals surface area contributed by atoms with E-state index in [9.17, 15) is 14.4 Å². The largest absolute Gasteiger partial charge is 0.329 e. The van der Waals surface area contributed by atoms with Crippen LogP contribution in [0.5, 0.6) is 0 Å². The van der Waals surface area contributed by atoms with Crippen molar-refractivity contribution < 1.29 is 9.59 Å². The minimum absolute atomic E-state index is 0.240. The maximum atomic E-state index is 12.3. The zero-order valence-corrected chi connectivity index (χ0v) is 10.4. The van der Waals surface area contributed by atoms with Gasteiger partial charge in [0.1, 0.15) is 6.04 Å². The fraction of sp³-hybridized carbons (Fsp3) is 0.308. The number of nitrogens with zero attached hydrogens (tertiary/aromatic N) is 2. The van der Waals surface area contributed by atoms with E-state index in [4.69, 9.17) is 0 Å². The van der Waals surface area contributed by atoms with Gasteiger partial charge in [-0.25, -0.2) is 4.79 Å². The normalized spacial score (nSPS) is 19.7. The third kappa shape index (κ3) is 1.68. The van der Waals surface area contributed by atoms with Crippen LogP contribution in [0.2, 0.25) is 0 Å². The van der Waals surface area contributed by atoms with E-state index in [1.165, 1.54) is 9.13 Å². The number of hydrogen-bond acceptors (Lipinski definition) is 3. The Bertz CT molecular complexity index is 741. The molecule has 0 saturated carbocycles. The number of nitrogens with one attached hydrogen (secondary N) is 1. The van der Waals surface area contributed by atoms with Crippen molar-refractivity contribution in [3.63, 3.8) is 0 Å². The molecule has 3 rings (SSSR count). The van der Waals surface area contributed by atoms with Gasteiger partial charge in [-0.05, 0) is 18.6 Å². The molecule has 0 unspecified atom stereocenters. The molecule has 2 amide bonds. The smallest absolute Gasteiger partial charge is 0.295 e. The van der Waals surface area contributed by atoms with Crippen LogP contribution in [0.1, 0.15) is 18.9 Å². The minimum atomic E-state index is -0.615. The molecular weight excluding hydrogens is 246 g/mol. The highest BCUT2D eigenvalue weighted by Gasteiger charge is 2.30. The van der Waals surface area contributed by atoms with Crippen LogP contribution in [-0.2, 0) is 16.6 Å². The number of piperidine rings is 1. The standard InChI is InChI=1S/C13H13N3O3/c1-15-8-4-2-3-5-9(8)16(13(15)19)10-6-7-11(17)14-12(10)18/h2-5,10H,6-7H2,1H3,(H,14,17,18)/t10-/m1/s1. The van der Waals surface area contributed by atoms with Crippen LogP contribution in [0, 0.1) is 0 Å². The third-order valence-corrected chi connectivity index (χ3v) is 3.52. The second-order valence-electron chi connectivity index (χ2n) is 4.67. The topological polar surface area (TPSA) is 73.1 Å². The lowest BCUT2D eigenvalue weighted by atomic mass is 10.1. The number of imide groups is 1. The number of imidazole rings is 1. The van der Waals surface area contributed by atoms with Gasteiger partial charge < -0.3 is 0 Å². The lowest BCUT2D eigenvalue weighted by Crippen LogP contribution is -2.44. The van der Waals surface area contributed by atoms with Crippen LogP contribution in [-0.4, -0.2) is 20.9 Å². The molecule has 1 saturated heterocycles. The lowest BCUT2D eigenvalue weighted by molar-refractivity contribution is -0.135. The van der Waals surface area contributed by atoms with E-state index in [-0.39, 0.29) is 18.0 Å². The summed E-state index contributed by atoms with van der Waals surface area (Å²) < 4.78 is 2.98. The van der Waals surface area contributed by atoms with E-state index in [2.05, 4.69) is 5.32 Å². The van der Waals surface area contributed by atoms with Gasteiger partial charge in [-0.15, -0.1) is 0 Å². The quantitative estimate of drug-likeness (QED) is 0.749. The molecule has 6 nitrogen and oxygen atoms in total. The number of carbonyl (C=O) groups excluding carboxylic acids is 2. The molecule has 1 N–H and O–H groups in total. The van der Waals surface area contributed by atoms with Crippen LogP contribution >= 0.6 is 0 Å². The van der Waals surface area contributed by atoms with E-state index < -0.39 is 11.9 Å². The van der Waals surface area contributed by atoms with E-state index in [0.717, 1.165) is 5.52 Å². The van der Waals surface area contributed by atoms with Gasteiger partial charge >= 0.3 is 5.69 Å². The number of aromatic nitrogens is 2. The van der Waals surface area contributed by atoms with Gasteiger partial charge in [0.15, 0.2) is 0 Å². The Balaban J connectivity index is 2.20. The van der Waals surface area contributed by atoms with Gasteiger partial charge in [0, 0.05) is 13.5 Å². The fourth-order valence-corrected chi connectivity index (χ4v) is 2.55. The van der Waals surface area contributed by atoms with Crippen molar-refractivity contribution in [3.8, 4) is 0 Å². The molecule has 0 aliphatic carbocycles. The molecule has 1 aliphatic heterocycles. The van der Waals surface area contributed by atoms with Crippen LogP contribution < -0.4 is 11.0 Å². The van der Waals surface area contributed by atoms with Gasteiger partial charge in [-0.3, -0.25) is 24.0 Å². The zero-order chi connectivity index (χ0) is 13.6. The van der Waals surface area contributed by atoms with Crippen LogP contribution in [0.4, 0.5) is 0 Å². The third-order valence-electron chi connectivity index (χ3n) is 3.52. The summed E-state index contributed by atoms with van der Waals surface area (Å²) in [6.07, 6.45) is 0.616. The van der Waals surface area contributed by atoms with Crippen molar-refractivity contribution in [2.24, 2.45) is 7.05 Å². The van der Waals surface area contributed by atoms with Gasteiger partial charge in [-0.1, -0.05) is 12.1 Å². The molecule has 6 heteroatoms. The summed E-state index contributed by atoms with van der Waals surface area (Å²) >= 11 is 0. The summed E-state index contributed by atoms with van der Waals surface area (Å²) in [7, 11) is 1.67. The first-order valence-corrected chi connectivity index (χ1v) is 6.09. The average molecular weight is 259 g/mol. The molecule has 19 heavy (non-hydrogen) atoms. The Morgan fingerprint density at radius 1 is 1.16 bits per heavy atom. The summed E-state index contributed by atoms with van der Waals surface area (Å²) in [5.74, 6) is -0.691. The number of para-hydroxylation sites is 2. The Labute approximate surface area is 108 Å². The number of carbonyl (C=O) groups is 2. The number of hydrogen-bond donors (Lipinski definition) is 1. The van der Waals surface area contributed by atoms with Crippen molar-refractivity contribution >= 4 is 22.8 Å². The summed E-state index contributed by atoms with van der Waals surface area (Å²) in [6, 6.07) is 6.69. The molecule has 1 atom stereocenters. The number of fused-ring (bicyclic) bond motifs is 1. The number of aryl methyl sites for hydroxylation is 1. The van der Waals surface area contributed by atoms with Gasteiger partial charge in [0.2, 0.25) is 11.8 Å². The van der Waals surface area contributed by atoms with Gasteiger partial charge in [0.25, 0.3) is 0 Å². The summed E-state index contributed by atoms with van der Waals surface area (Å²) in [6.45, 7) is 0. The predicted octanol–water partition coefficient (Wildman–Crippen LogP) is 0.318. The zero-order valence-electron chi connectivity index (χ0n) is 10.4. The minimum Gasteiger partial charge on any atom is -0.295 e. The second kappa shape index (κ2) is 4.08. The van der Waals surface area contributed by atoms with Crippen molar-refractivity contribution in [2.75, 3.05) is 0 Å². The van der Waals surface area contributed by atoms with E-state index in [0.29, 0.717) is 11.9 Å². The van der Waals surface area contributed by atoms with Crippen LogP contribution in [0.15, 0.2) is 29.1 Å². The molecule has 0 spiro atoms. The highest BCUT2D eigenvalue weighted by Crippen LogP contribution is 2.22. The van der Waals surface area contributed by atoms with E-state index >= 15 is 0 Å². The first kappa shape index (κ1) is 11.7. The molecule has 1 fully saturated rings. The Hall–Kier alpha value is -2.37. The molecule has 1 aromatic carbocycles. The molecule has 1 aliphatic rings. The van der Waals surface area contributed by atoms with E-state index in [1.807, 2.05) is 18.2 Å². The molecule has 98 valence electrons. The molecule has 1 aromatic heterocycles. The fourth-order valence-electron chi connectivity index (χ4n) is 2.55. The van der Waals surface area contributed by atoms with Gasteiger partial charge in [-0.2, -0.15) is 0 Å². The number of rotatable bonds is 1. The molecule has 0 radical (unpaired) electrons.